The largest absolute Gasteiger partial charge is 0.395 e. The molecule has 0 fully saturated rings. The lowest BCUT2D eigenvalue weighted by Gasteiger charge is -2.19. The Balaban J connectivity index is 2.32. The third-order valence-corrected chi connectivity index (χ3v) is 2.38. The van der Waals surface area contributed by atoms with Crippen LogP contribution < -0.4 is 5.32 Å². The van der Waals surface area contributed by atoms with Gasteiger partial charge in [-0.25, -0.2) is 0 Å². The van der Waals surface area contributed by atoms with Gasteiger partial charge in [-0.05, 0) is 18.7 Å². The van der Waals surface area contributed by atoms with E-state index in [9.17, 15) is 0 Å². The molecule has 0 unspecified atom stereocenters. The van der Waals surface area contributed by atoms with Gasteiger partial charge in [0.2, 0.25) is 0 Å². The summed E-state index contributed by atoms with van der Waals surface area (Å²) in [6, 6.07) is 5.27. The van der Waals surface area contributed by atoms with Crippen molar-refractivity contribution in [2.24, 2.45) is 0 Å². The third kappa shape index (κ3) is 4.76. The molecule has 0 amide bonds. The van der Waals surface area contributed by atoms with Crippen LogP contribution in [0, 0.1) is 11.3 Å². The van der Waals surface area contributed by atoms with E-state index in [0.29, 0.717) is 18.1 Å². The van der Waals surface area contributed by atoms with E-state index in [1.54, 1.807) is 12.1 Å². The first-order valence-electron chi connectivity index (χ1n) is 5.61. The first-order valence-corrected chi connectivity index (χ1v) is 5.61. The Morgan fingerprint density at radius 3 is 2.76 bits per heavy atom. The molecule has 0 bridgehead atoms. The van der Waals surface area contributed by atoms with Gasteiger partial charge >= 0.3 is 0 Å². The lowest BCUT2D eigenvalue weighted by atomic mass is 10.4. The van der Waals surface area contributed by atoms with E-state index in [-0.39, 0.29) is 6.61 Å². The molecule has 0 spiro atoms. The summed E-state index contributed by atoms with van der Waals surface area (Å²) in [6.45, 7) is 5.37. The molecule has 0 radical (unpaired) electrons. The van der Waals surface area contributed by atoms with E-state index in [2.05, 4.69) is 27.3 Å². The number of nitrogens with one attached hydrogen (secondary N) is 1. The number of anilines is 1. The standard InChI is InChI=1S/C11H17N5O/c1-2-16(7-8-17)6-5-13-11-4-3-10(9-12)14-15-11/h3-4,17H,2,5-8H2,1H3,(H,13,15). The molecular formula is C11H17N5O. The second-order valence-electron chi connectivity index (χ2n) is 3.50. The van der Waals surface area contributed by atoms with Crippen LogP contribution in [0.3, 0.4) is 0 Å². The molecule has 92 valence electrons. The van der Waals surface area contributed by atoms with Crippen LogP contribution >= 0.6 is 0 Å². The lowest BCUT2D eigenvalue weighted by molar-refractivity contribution is 0.206. The van der Waals surface area contributed by atoms with E-state index in [1.807, 2.05) is 6.07 Å². The van der Waals surface area contributed by atoms with Crippen molar-refractivity contribution >= 4 is 5.82 Å². The van der Waals surface area contributed by atoms with Crippen molar-refractivity contribution in [3.05, 3.63) is 17.8 Å². The van der Waals surface area contributed by atoms with Gasteiger partial charge in [-0.2, -0.15) is 5.26 Å². The molecule has 0 aliphatic heterocycles. The number of nitriles is 1. The molecule has 17 heavy (non-hydrogen) atoms. The molecule has 0 saturated carbocycles. The minimum absolute atomic E-state index is 0.171. The van der Waals surface area contributed by atoms with Gasteiger partial charge in [-0.15, -0.1) is 10.2 Å². The highest BCUT2D eigenvalue weighted by Crippen LogP contribution is 2.00. The van der Waals surface area contributed by atoms with Crippen LogP contribution in [0.4, 0.5) is 5.82 Å². The van der Waals surface area contributed by atoms with E-state index >= 15 is 0 Å². The molecular weight excluding hydrogens is 218 g/mol. The molecule has 1 heterocycles. The fourth-order valence-electron chi connectivity index (χ4n) is 1.40. The molecule has 6 heteroatoms. The fraction of sp³-hybridized carbons (Fsp3) is 0.545. The van der Waals surface area contributed by atoms with Gasteiger partial charge in [0.1, 0.15) is 11.9 Å². The maximum absolute atomic E-state index is 8.83. The van der Waals surface area contributed by atoms with Crippen LogP contribution in [-0.4, -0.2) is 53.0 Å². The smallest absolute Gasteiger partial charge is 0.163 e. The number of hydrogen-bond donors (Lipinski definition) is 2. The van der Waals surface area contributed by atoms with Crippen molar-refractivity contribution in [1.29, 1.82) is 5.26 Å². The maximum atomic E-state index is 8.83. The summed E-state index contributed by atoms with van der Waals surface area (Å²) in [5.41, 5.74) is 0.311. The van der Waals surface area contributed by atoms with Gasteiger partial charge in [0, 0.05) is 19.6 Å². The number of rotatable bonds is 7. The highest BCUT2D eigenvalue weighted by molar-refractivity contribution is 5.35. The average molecular weight is 235 g/mol. The number of aromatic nitrogens is 2. The Morgan fingerprint density at radius 2 is 2.24 bits per heavy atom. The molecule has 2 N–H and O–H groups in total. The summed E-state index contributed by atoms with van der Waals surface area (Å²) in [5.74, 6) is 0.657. The van der Waals surface area contributed by atoms with Crippen molar-refractivity contribution in [2.45, 2.75) is 6.92 Å². The Labute approximate surface area is 101 Å². The van der Waals surface area contributed by atoms with E-state index in [4.69, 9.17) is 10.4 Å². The second kappa shape index (κ2) is 7.54. The molecule has 0 aliphatic rings. The van der Waals surface area contributed by atoms with E-state index in [1.165, 1.54) is 0 Å². The van der Waals surface area contributed by atoms with Crippen LogP contribution in [0.25, 0.3) is 0 Å². The second-order valence-corrected chi connectivity index (χ2v) is 3.50. The number of aliphatic hydroxyl groups excluding tert-OH is 1. The van der Waals surface area contributed by atoms with Crippen molar-refractivity contribution in [3.63, 3.8) is 0 Å². The van der Waals surface area contributed by atoms with Crippen molar-refractivity contribution in [3.8, 4) is 6.07 Å². The summed E-state index contributed by atoms with van der Waals surface area (Å²) in [5, 5.41) is 28.1. The van der Waals surface area contributed by atoms with E-state index < -0.39 is 0 Å². The van der Waals surface area contributed by atoms with Crippen LogP contribution in [0.2, 0.25) is 0 Å². The summed E-state index contributed by atoms with van der Waals surface area (Å²) >= 11 is 0. The van der Waals surface area contributed by atoms with Gasteiger partial charge in [0.15, 0.2) is 5.69 Å². The lowest BCUT2D eigenvalue weighted by Crippen LogP contribution is -2.31. The van der Waals surface area contributed by atoms with Crippen molar-refractivity contribution in [1.82, 2.24) is 15.1 Å². The molecule has 1 rings (SSSR count). The molecule has 0 aromatic carbocycles. The first kappa shape index (κ1) is 13.4. The van der Waals surface area contributed by atoms with Gasteiger partial charge < -0.3 is 10.4 Å². The Hall–Kier alpha value is -1.71. The molecule has 0 saturated heterocycles. The average Bonchev–Trinajstić information content (AvgIpc) is 2.38. The topological polar surface area (TPSA) is 85.1 Å². The van der Waals surface area contributed by atoms with Crippen molar-refractivity contribution in [2.75, 3.05) is 38.1 Å². The molecule has 0 atom stereocenters. The highest BCUT2D eigenvalue weighted by atomic mass is 16.3. The SMILES string of the molecule is CCN(CCO)CCNc1ccc(C#N)nn1. The number of nitrogens with zero attached hydrogens (tertiary/aromatic N) is 4. The minimum Gasteiger partial charge on any atom is -0.395 e. The predicted molar refractivity (Wildman–Crippen MR) is 64.4 cm³/mol. The third-order valence-electron chi connectivity index (χ3n) is 2.38. The monoisotopic (exact) mass is 235 g/mol. The summed E-state index contributed by atoms with van der Waals surface area (Å²) in [7, 11) is 0. The van der Waals surface area contributed by atoms with Crippen LogP contribution in [0.5, 0.6) is 0 Å². The Kier molecular flexibility index (Phi) is 5.93. The Bertz CT molecular complexity index is 359. The first-order chi connectivity index (χ1) is 8.30. The van der Waals surface area contributed by atoms with Crippen molar-refractivity contribution < 1.29 is 5.11 Å². The van der Waals surface area contributed by atoms with Gasteiger partial charge in [-0.3, -0.25) is 4.90 Å². The van der Waals surface area contributed by atoms with Crippen LogP contribution in [0.1, 0.15) is 12.6 Å². The van der Waals surface area contributed by atoms with Gasteiger partial charge in [0.05, 0.1) is 6.61 Å². The predicted octanol–water partition coefficient (Wildman–Crippen LogP) is 0.0744. The molecule has 0 aliphatic carbocycles. The van der Waals surface area contributed by atoms with E-state index in [0.717, 1.165) is 19.6 Å². The van der Waals surface area contributed by atoms with Gasteiger partial charge in [0.25, 0.3) is 0 Å². The fourth-order valence-corrected chi connectivity index (χ4v) is 1.40. The van der Waals surface area contributed by atoms with Gasteiger partial charge in [-0.1, -0.05) is 6.92 Å². The number of likely N-dealkylation sites (N-methyl/N-ethyl adjacent to an activating group) is 1. The quantitative estimate of drug-likeness (QED) is 0.696. The summed E-state index contributed by atoms with van der Waals surface area (Å²) in [4.78, 5) is 2.13. The molecule has 6 nitrogen and oxygen atoms in total. The van der Waals surface area contributed by atoms with Crippen LogP contribution in [-0.2, 0) is 0 Å². The minimum atomic E-state index is 0.171. The normalized spacial score (nSPS) is 10.2. The number of hydrogen-bond acceptors (Lipinski definition) is 6. The molecule has 1 aromatic rings. The Morgan fingerprint density at radius 1 is 1.41 bits per heavy atom. The zero-order valence-electron chi connectivity index (χ0n) is 9.93. The maximum Gasteiger partial charge on any atom is 0.163 e. The highest BCUT2D eigenvalue weighted by Gasteiger charge is 2.01. The van der Waals surface area contributed by atoms with Crippen LogP contribution in [0.15, 0.2) is 12.1 Å². The summed E-state index contributed by atoms with van der Waals surface area (Å²) in [6.07, 6.45) is 0. The number of aliphatic hydroxyl groups is 1. The zero-order valence-corrected chi connectivity index (χ0v) is 9.93. The summed E-state index contributed by atoms with van der Waals surface area (Å²) < 4.78 is 0. The molecule has 1 aromatic heterocycles. The zero-order chi connectivity index (χ0) is 12.5.